The van der Waals surface area contributed by atoms with Crippen LogP contribution in [0.15, 0.2) is 79.0 Å². The van der Waals surface area contributed by atoms with E-state index in [0.29, 0.717) is 0 Å². The Morgan fingerprint density at radius 3 is 2.64 bits per heavy atom. The van der Waals surface area contributed by atoms with Gasteiger partial charge in [-0.05, 0) is 48.6 Å². The Labute approximate surface area is 150 Å². The highest BCUT2D eigenvalue weighted by molar-refractivity contribution is 5.69. The molecule has 1 N–H and O–H groups in total. The number of fused-ring (bicyclic) bond motifs is 2. The van der Waals surface area contributed by atoms with E-state index in [1.165, 1.54) is 40.9 Å². The number of hydrogen-bond donors (Lipinski definition) is 1. The summed E-state index contributed by atoms with van der Waals surface area (Å²) < 4.78 is 0. The molecular weight excluding hydrogens is 304 g/mol. The lowest BCUT2D eigenvalue weighted by Crippen LogP contribution is -2.23. The summed E-state index contributed by atoms with van der Waals surface area (Å²) in [7, 11) is 0. The molecule has 0 radical (unpaired) electrons. The third kappa shape index (κ3) is 3.53. The van der Waals surface area contributed by atoms with E-state index in [2.05, 4.69) is 89.3 Å². The van der Waals surface area contributed by atoms with Crippen LogP contribution in [0.3, 0.4) is 0 Å². The maximum absolute atomic E-state index is 3.50. The number of aryl methyl sites for hydroxylation is 1. The smallest absolute Gasteiger partial charge is 0.0438 e. The van der Waals surface area contributed by atoms with Crippen molar-refractivity contribution in [2.24, 2.45) is 0 Å². The summed E-state index contributed by atoms with van der Waals surface area (Å²) in [6.45, 7) is 2.11. The van der Waals surface area contributed by atoms with Gasteiger partial charge in [0.05, 0.1) is 0 Å². The summed E-state index contributed by atoms with van der Waals surface area (Å²) in [5.74, 6) is 0. The number of benzene rings is 2. The van der Waals surface area contributed by atoms with E-state index in [9.17, 15) is 0 Å². The molecule has 2 heteroatoms. The molecule has 0 unspecified atom stereocenters. The van der Waals surface area contributed by atoms with Gasteiger partial charge in [0.25, 0.3) is 0 Å². The number of hydrogen-bond acceptors (Lipinski definition) is 2. The number of allylic oxidation sites excluding steroid dienone is 4. The maximum atomic E-state index is 3.50. The predicted molar refractivity (Wildman–Crippen MR) is 107 cm³/mol. The Morgan fingerprint density at radius 1 is 0.840 bits per heavy atom. The molecule has 0 bridgehead atoms. The van der Waals surface area contributed by atoms with Crippen LogP contribution >= 0.6 is 0 Å². The zero-order valence-corrected chi connectivity index (χ0v) is 14.5. The van der Waals surface area contributed by atoms with Gasteiger partial charge in [-0.1, -0.05) is 54.6 Å². The molecule has 0 atom stereocenters. The van der Waals surface area contributed by atoms with Gasteiger partial charge in [0.2, 0.25) is 0 Å². The number of anilines is 1. The Morgan fingerprint density at radius 2 is 1.68 bits per heavy atom. The molecule has 0 saturated heterocycles. The third-order valence-electron chi connectivity index (χ3n) is 4.91. The Balaban J connectivity index is 1.45. The molecule has 2 aliphatic heterocycles. The molecule has 0 fully saturated rings. The van der Waals surface area contributed by atoms with Crippen molar-refractivity contribution >= 4 is 11.4 Å². The lowest BCUT2D eigenvalue weighted by Gasteiger charge is -2.27. The second kappa shape index (κ2) is 7.43. The molecule has 25 heavy (non-hydrogen) atoms. The molecular formula is C23H24N2. The number of para-hydroxylation sites is 1. The average Bonchev–Trinajstić information content (AvgIpc) is 2.68. The second-order valence-corrected chi connectivity index (χ2v) is 6.57. The van der Waals surface area contributed by atoms with Crippen LogP contribution in [0.5, 0.6) is 0 Å². The van der Waals surface area contributed by atoms with Gasteiger partial charge in [-0.2, -0.15) is 0 Å². The number of nitrogens with zero attached hydrogens (tertiary/aromatic N) is 1. The van der Waals surface area contributed by atoms with Crippen LogP contribution < -0.4 is 10.2 Å². The van der Waals surface area contributed by atoms with Gasteiger partial charge >= 0.3 is 0 Å². The SMILES string of the molecule is C(/C=C/C=C/N1CCCc2ccccc21)=C1/NCCc2ccccc21. The van der Waals surface area contributed by atoms with Gasteiger partial charge in [-0.3, -0.25) is 0 Å². The predicted octanol–water partition coefficient (Wildman–Crippen LogP) is 4.70. The lowest BCUT2D eigenvalue weighted by atomic mass is 9.98. The van der Waals surface area contributed by atoms with Gasteiger partial charge in [-0.25, -0.2) is 0 Å². The maximum Gasteiger partial charge on any atom is 0.0438 e. The van der Waals surface area contributed by atoms with Crippen molar-refractivity contribution < 1.29 is 0 Å². The molecule has 2 aromatic rings. The van der Waals surface area contributed by atoms with Crippen LogP contribution in [-0.4, -0.2) is 13.1 Å². The first kappa shape index (κ1) is 15.8. The number of nitrogens with one attached hydrogen (secondary N) is 1. The highest BCUT2D eigenvalue weighted by atomic mass is 15.1. The van der Waals surface area contributed by atoms with E-state index in [1.807, 2.05) is 0 Å². The molecule has 0 amide bonds. The minimum absolute atomic E-state index is 1.01. The highest BCUT2D eigenvalue weighted by Crippen LogP contribution is 2.26. The van der Waals surface area contributed by atoms with E-state index < -0.39 is 0 Å². The molecule has 2 aromatic carbocycles. The van der Waals surface area contributed by atoms with Gasteiger partial charge in [0.15, 0.2) is 0 Å². The molecule has 4 rings (SSSR count). The fourth-order valence-corrected chi connectivity index (χ4v) is 3.66. The van der Waals surface area contributed by atoms with E-state index in [1.54, 1.807) is 0 Å². The van der Waals surface area contributed by atoms with Crippen molar-refractivity contribution in [1.29, 1.82) is 0 Å². The first-order valence-electron chi connectivity index (χ1n) is 9.14. The molecule has 0 spiro atoms. The van der Waals surface area contributed by atoms with Crippen molar-refractivity contribution in [1.82, 2.24) is 5.32 Å². The van der Waals surface area contributed by atoms with Crippen molar-refractivity contribution in [2.75, 3.05) is 18.0 Å². The van der Waals surface area contributed by atoms with Crippen molar-refractivity contribution in [3.63, 3.8) is 0 Å². The van der Waals surface area contributed by atoms with Crippen molar-refractivity contribution in [2.45, 2.75) is 19.3 Å². The summed E-state index contributed by atoms with van der Waals surface area (Å²) in [6.07, 6.45) is 14.2. The first-order chi connectivity index (χ1) is 12.4. The summed E-state index contributed by atoms with van der Waals surface area (Å²) in [5.41, 5.74) is 6.77. The van der Waals surface area contributed by atoms with Gasteiger partial charge in [0, 0.05) is 36.2 Å². The van der Waals surface area contributed by atoms with Crippen LogP contribution in [0.25, 0.3) is 5.70 Å². The fourth-order valence-electron chi connectivity index (χ4n) is 3.66. The standard InChI is InChI=1S/C23H24N2/c1(2-13-22-21-12-5-3-9-19(21)15-16-24-22)7-17-25-18-8-11-20-10-4-6-14-23(20)25/h1-7,9-10,12-14,17,24H,8,11,15-16,18H2/b2-1+,17-7+,22-13-. The van der Waals surface area contributed by atoms with Gasteiger partial charge < -0.3 is 10.2 Å². The minimum atomic E-state index is 1.01. The summed E-state index contributed by atoms with van der Waals surface area (Å²) in [5, 5.41) is 3.50. The number of rotatable bonds is 3. The molecule has 2 nitrogen and oxygen atoms in total. The molecule has 126 valence electrons. The van der Waals surface area contributed by atoms with Crippen molar-refractivity contribution in [3.05, 3.63) is 95.7 Å². The van der Waals surface area contributed by atoms with Crippen LogP contribution in [0.1, 0.15) is 23.1 Å². The van der Waals surface area contributed by atoms with Crippen LogP contribution in [-0.2, 0) is 12.8 Å². The fraction of sp³-hybridized carbons (Fsp3) is 0.217. The van der Waals surface area contributed by atoms with Gasteiger partial charge in [-0.15, -0.1) is 0 Å². The van der Waals surface area contributed by atoms with Gasteiger partial charge in [0.1, 0.15) is 0 Å². The minimum Gasteiger partial charge on any atom is -0.384 e. The zero-order valence-electron chi connectivity index (χ0n) is 14.5. The van der Waals surface area contributed by atoms with Crippen LogP contribution in [0.2, 0.25) is 0 Å². The molecule has 2 heterocycles. The monoisotopic (exact) mass is 328 g/mol. The van der Waals surface area contributed by atoms with E-state index >= 15 is 0 Å². The average molecular weight is 328 g/mol. The summed E-state index contributed by atoms with van der Waals surface area (Å²) in [4.78, 5) is 2.35. The van der Waals surface area contributed by atoms with E-state index in [0.717, 1.165) is 19.5 Å². The molecule has 0 saturated carbocycles. The van der Waals surface area contributed by atoms with Crippen LogP contribution in [0, 0.1) is 0 Å². The Hall–Kier alpha value is -2.74. The summed E-state index contributed by atoms with van der Waals surface area (Å²) >= 11 is 0. The first-order valence-corrected chi connectivity index (χ1v) is 9.14. The topological polar surface area (TPSA) is 15.3 Å². The molecule has 0 aliphatic carbocycles. The summed E-state index contributed by atoms with van der Waals surface area (Å²) in [6, 6.07) is 17.4. The Kier molecular flexibility index (Phi) is 4.69. The van der Waals surface area contributed by atoms with Crippen molar-refractivity contribution in [3.8, 4) is 0 Å². The largest absolute Gasteiger partial charge is 0.384 e. The van der Waals surface area contributed by atoms with E-state index in [4.69, 9.17) is 0 Å². The van der Waals surface area contributed by atoms with E-state index in [-0.39, 0.29) is 0 Å². The highest BCUT2D eigenvalue weighted by Gasteiger charge is 2.13. The normalized spacial score (nSPS) is 18.4. The lowest BCUT2D eigenvalue weighted by molar-refractivity contribution is 0.763. The Bertz CT molecular complexity index is 829. The quantitative estimate of drug-likeness (QED) is 0.822. The van der Waals surface area contributed by atoms with Crippen LogP contribution in [0.4, 0.5) is 5.69 Å². The second-order valence-electron chi connectivity index (χ2n) is 6.57. The molecule has 0 aromatic heterocycles. The molecule has 2 aliphatic rings. The third-order valence-corrected chi connectivity index (χ3v) is 4.91. The zero-order chi connectivity index (χ0) is 16.9.